The SMILES string of the molecule is CC#Cc1cc(C)c(C2=C(OC(=O)OC(C)C)CC(Cc3ccccn3)C2=O)c(C)c1. The van der Waals surface area contributed by atoms with Gasteiger partial charge in [-0.3, -0.25) is 9.78 Å². The van der Waals surface area contributed by atoms with Gasteiger partial charge in [-0.1, -0.05) is 12.0 Å². The number of carbonyl (C=O) groups is 2. The van der Waals surface area contributed by atoms with Crippen LogP contribution in [0.4, 0.5) is 4.79 Å². The van der Waals surface area contributed by atoms with Gasteiger partial charge < -0.3 is 9.47 Å². The Bertz CT molecular complexity index is 1060. The van der Waals surface area contributed by atoms with E-state index in [1.807, 2.05) is 44.2 Å². The maximum atomic E-state index is 13.5. The molecule has 5 heteroatoms. The van der Waals surface area contributed by atoms with Crippen LogP contribution in [0.1, 0.15) is 55.1 Å². The number of hydrogen-bond donors (Lipinski definition) is 0. The molecule has 1 unspecified atom stereocenters. The first-order valence-corrected chi connectivity index (χ1v) is 10.4. The van der Waals surface area contributed by atoms with Gasteiger partial charge in [-0.15, -0.1) is 5.92 Å². The van der Waals surface area contributed by atoms with Crippen LogP contribution in [-0.2, 0) is 20.7 Å². The largest absolute Gasteiger partial charge is 0.513 e. The minimum absolute atomic E-state index is 0.0430. The third-order valence-corrected chi connectivity index (χ3v) is 5.10. The molecule has 0 amide bonds. The summed E-state index contributed by atoms with van der Waals surface area (Å²) in [5.74, 6) is 5.93. The zero-order valence-electron chi connectivity index (χ0n) is 18.6. The number of ketones is 1. The quantitative estimate of drug-likeness (QED) is 0.496. The lowest BCUT2D eigenvalue weighted by molar-refractivity contribution is -0.116. The topological polar surface area (TPSA) is 65.5 Å². The van der Waals surface area contributed by atoms with Crippen molar-refractivity contribution in [2.45, 2.75) is 53.6 Å². The molecular formula is C26H27NO4. The molecule has 5 nitrogen and oxygen atoms in total. The van der Waals surface area contributed by atoms with Crippen molar-refractivity contribution in [3.63, 3.8) is 0 Å². The first-order chi connectivity index (χ1) is 14.8. The molecule has 0 radical (unpaired) electrons. The number of Topliss-reactive ketones (excluding diaryl/α,β-unsaturated/α-hetero) is 1. The molecule has 0 spiro atoms. The second-order valence-electron chi connectivity index (χ2n) is 7.97. The highest BCUT2D eigenvalue weighted by Crippen LogP contribution is 2.40. The second-order valence-corrected chi connectivity index (χ2v) is 7.97. The van der Waals surface area contributed by atoms with Gasteiger partial charge in [0.2, 0.25) is 0 Å². The number of nitrogens with zero attached hydrogens (tertiary/aromatic N) is 1. The average Bonchev–Trinajstić information content (AvgIpc) is 2.97. The molecule has 1 aliphatic rings. The van der Waals surface area contributed by atoms with E-state index in [1.54, 1.807) is 27.0 Å². The Kier molecular flexibility index (Phi) is 6.91. The second kappa shape index (κ2) is 9.61. The summed E-state index contributed by atoms with van der Waals surface area (Å²) in [6.07, 6.45) is 1.41. The van der Waals surface area contributed by atoms with Gasteiger partial charge in [-0.25, -0.2) is 4.79 Å². The maximum Gasteiger partial charge on any atom is 0.513 e. The molecule has 1 heterocycles. The summed E-state index contributed by atoms with van der Waals surface area (Å²) in [4.78, 5) is 30.1. The fraction of sp³-hybridized carbons (Fsp3) is 0.346. The van der Waals surface area contributed by atoms with Gasteiger partial charge in [0.05, 0.1) is 11.7 Å². The van der Waals surface area contributed by atoms with E-state index in [2.05, 4.69) is 16.8 Å². The van der Waals surface area contributed by atoms with E-state index in [1.165, 1.54) is 0 Å². The lowest BCUT2D eigenvalue weighted by Gasteiger charge is -2.14. The number of aromatic nitrogens is 1. The summed E-state index contributed by atoms with van der Waals surface area (Å²) in [6, 6.07) is 9.54. The number of allylic oxidation sites excluding steroid dienone is 2. The third-order valence-electron chi connectivity index (χ3n) is 5.10. The molecule has 1 aromatic carbocycles. The van der Waals surface area contributed by atoms with Crippen molar-refractivity contribution < 1.29 is 19.1 Å². The van der Waals surface area contributed by atoms with Crippen LogP contribution in [0, 0.1) is 31.6 Å². The molecule has 3 rings (SSSR count). The van der Waals surface area contributed by atoms with E-state index in [4.69, 9.17) is 9.47 Å². The summed E-state index contributed by atoms with van der Waals surface area (Å²) in [5, 5.41) is 0. The van der Waals surface area contributed by atoms with Crippen LogP contribution >= 0.6 is 0 Å². The van der Waals surface area contributed by atoms with Gasteiger partial charge >= 0.3 is 6.16 Å². The van der Waals surface area contributed by atoms with Crippen LogP contribution in [0.2, 0.25) is 0 Å². The first kappa shape index (κ1) is 22.3. The number of pyridine rings is 1. The lowest BCUT2D eigenvalue weighted by Crippen LogP contribution is -2.14. The van der Waals surface area contributed by atoms with Gasteiger partial charge in [-0.05, 0) is 75.6 Å². The van der Waals surface area contributed by atoms with E-state index < -0.39 is 6.16 Å². The molecule has 0 fully saturated rings. The van der Waals surface area contributed by atoms with Crippen LogP contribution in [0.15, 0.2) is 42.3 Å². The first-order valence-electron chi connectivity index (χ1n) is 10.4. The molecule has 160 valence electrons. The van der Waals surface area contributed by atoms with E-state index in [0.29, 0.717) is 24.2 Å². The van der Waals surface area contributed by atoms with E-state index >= 15 is 0 Å². The van der Waals surface area contributed by atoms with Crippen LogP contribution < -0.4 is 0 Å². The lowest BCUT2D eigenvalue weighted by atomic mass is 9.89. The molecular weight excluding hydrogens is 390 g/mol. The normalized spacial score (nSPS) is 15.7. The number of benzene rings is 1. The summed E-state index contributed by atoms with van der Waals surface area (Å²) in [6.45, 7) is 9.18. The predicted octanol–water partition coefficient (Wildman–Crippen LogP) is 5.17. The van der Waals surface area contributed by atoms with Crippen LogP contribution in [0.5, 0.6) is 0 Å². The Morgan fingerprint density at radius 2 is 1.94 bits per heavy atom. The van der Waals surface area contributed by atoms with Crippen molar-refractivity contribution in [3.05, 3.63) is 70.2 Å². The minimum Gasteiger partial charge on any atom is -0.431 e. The number of ether oxygens (including phenoxy) is 2. The number of carbonyl (C=O) groups excluding carboxylic acids is 2. The van der Waals surface area contributed by atoms with E-state index in [9.17, 15) is 9.59 Å². The highest BCUT2D eigenvalue weighted by Gasteiger charge is 2.38. The van der Waals surface area contributed by atoms with E-state index in [0.717, 1.165) is 27.9 Å². The molecule has 0 N–H and O–H groups in total. The average molecular weight is 418 g/mol. The monoisotopic (exact) mass is 417 g/mol. The van der Waals surface area contributed by atoms with Gasteiger partial charge in [-0.2, -0.15) is 0 Å². The Morgan fingerprint density at radius 1 is 1.23 bits per heavy atom. The standard InChI is InChI=1S/C26H27NO4/c1-6-9-19-12-17(4)23(18(5)13-19)24-22(31-26(29)30-16(2)3)15-20(25(24)28)14-21-10-7-8-11-27-21/h7-8,10-13,16,20H,14-15H2,1-5H3. The molecule has 0 bridgehead atoms. The van der Waals surface area contributed by atoms with Gasteiger partial charge in [0.25, 0.3) is 0 Å². The van der Waals surface area contributed by atoms with E-state index in [-0.39, 0.29) is 17.8 Å². The zero-order chi connectivity index (χ0) is 22.5. The van der Waals surface area contributed by atoms with Crippen LogP contribution in [0.3, 0.4) is 0 Å². The van der Waals surface area contributed by atoms with Gasteiger partial charge in [0, 0.05) is 36.2 Å². The van der Waals surface area contributed by atoms with Crippen molar-refractivity contribution in [1.29, 1.82) is 0 Å². The molecule has 0 saturated carbocycles. The number of aryl methyl sites for hydroxylation is 2. The van der Waals surface area contributed by atoms with Crippen LogP contribution in [0.25, 0.3) is 5.57 Å². The zero-order valence-corrected chi connectivity index (χ0v) is 18.6. The van der Waals surface area contributed by atoms with Crippen molar-refractivity contribution >= 4 is 17.5 Å². The third kappa shape index (κ3) is 5.21. The summed E-state index contributed by atoms with van der Waals surface area (Å²) < 4.78 is 10.7. The Morgan fingerprint density at radius 3 is 2.52 bits per heavy atom. The Balaban J connectivity index is 2.02. The number of rotatable bonds is 5. The van der Waals surface area contributed by atoms with Crippen molar-refractivity contribution in [2.75, 3.05) is 0 Å². The molecule has 1 atom stereocenters. The van der Waals surface area contributed by atoms with Gasteiger partial charge in [0.15, 0.2) is 5.78 Å². The maximum absolute atomic E-state index is 13.5. The molecule has 1 aromatic heterocycles. The highest BCUT2D eigenvalue weighted by atomic mass is 16.7. The fourth-order valence-corrected chi connectivity index (χ4v) is 3.94. The van der Waals surface area contributed by atoms with Crippen LogP contribution in [-0.4, -0.2) is 23.0 Å². The van der Waals surface area contributed by atoms with Crippen molar-refractivity contribution in [2.24, 2.45) is 5.92 Å². The Labute approximate surface area is 183 Å². The molecule has 0 saturated heterocycles. The summed E-state index contributed by atoms with van der Waals surface area (Å²) in [7, 11) is 0. The molecule has 1 aliphatic carbocycles. The fourth-order valence-electron chi connectivity index (χ4n) is 3.94. The summed E-state index contributed by atoms with van der Waals surface area (Å²) >= 11 is 0. The molecule has 0 aliphatic heterocycles. The highest BCUT2D eigenvalue weighted by molar-refractivity contribution is 6.25. The smallest absolute Gasteiger partial charge is 0.431 e. The predicted molar refractivity (Wildman–Crippen MR) is 119 cm³/mol. The molecule has 31 heavy (non-hydrogen) atoms. The minimum atomic E-state index is -0.794. The van der Waals surface area contributed by atoms with Gasteiger partial charge in [0.1, 0.15) is 5.76 Å². The Hall–Kier alpha value is -3.39. The van der Waals surface area contributed by atoms with Crippen molar-refractivity contribution in [3.8, 4) is 11.8 Å². The molecule has 2 aromatic rings. The number of hydrogen-bond acceptors (Lipinski definition) is 5. The summed E-state index contributed by atoms with van der Waals surface area (Å²) in [5.41, 5.74) is 4.79. The van der Waals surface area contributed by atoms with Crippen molar-refractivity contribution in [1.82, 2.24) is 4.98 Å².